The Kier molecular flexibility index (Phi) is 3.61. The van der Waals surface area contributed by atoms with Crippen LogP contribution < -0.4 is 10.6 Å². The van der Waals surface area contributed by atoms with Crippen LogP contribution in [0.25, 0.3) is 6.08 Å². The van der Waals surface area contributed by atoms with Crippen LogP contribution >= 0.6 is 11.6 Å². The first-order valence-corrected chi connectivity index (χ1v) is 9.34. The maximum absolute atomic E-state index is 13.4. The zero-order valence-electron chi connectivity index (χ0n) is 14.7. The van der Waals surface area contributed by atoms with E-state index in [4.69, 9.17) is 17.3 Å². The molecule has 2 N–H and O–H groups in total. The topological polar surface area (TPSA) is 83.7 Å². The molecule has 2 aromatic rings. The van der Waals surface area contributed by atoms with Gasteiger partial charge >= 0.3 is 0 Å². The molecule has 4 atom stereocenters. The molecule has 0 bridgehead atoms. The lowest BCUT2D eigenvalue weighted by Gasteiger charge is -2.34. The standard InChI is InChI=1S/C21H16ClN3O3/c22-12-5-3-6-13(10-12)25-20(27)15-16(21(25)28)18(19(23)26)24-9-8-11-4-1-2-7-14(11)17(15)24/h1-10,15-18H,(H2,23,26)/t15-,16+,17+,18-/m0/s1. The van der Waals surface area contributed by atoms with E-state index in [1.54, 1.807) is 35.4 Å². The van der Waals surface area contributed by atoms with Crippen LogP contribution in [0, 0.1) is 11.8 Å². The van der Waals surface area contributed by atoms with Gasteiger partial charge in [-0.3, -0.25) is 14.4 Å². The van der Waals surface area contributed by atoms with Crippen molar-refractivity contribution < 1.29 is 14.4 Å². The molecule has 2 saturated heterocycles. The van der Waals surface area contributed by atoms with Crippen molar-refractivity contribution in [1.82, 2.24) is 4.90 Å². The molecule has 0 aromatic heterocycles. The number of amides is 3. The van der Waals surface area contributed by atoms with Crippen LogP contribution in [0.3, 0.4) is 0 Å². The van der Waals surface area contributed by atoms with Crippen molar-refractivity contribution >= 4 is 41.1 Å². The number of rotatable bonds is 2. The number of fused-ring (bicyclic) bond motifs is 5. The van der Waals surface area contributed by atoms with E-state index >= 15 is 0 Å². The second-order valence-electron chi connectivity index (χ2n) is 7.23. The highest BCUT2D eigenvalue weighted by Crippen LogP contribution is 2.53. The molecule has 0 spiro atoms. The molecule has 6 nitrogen and oxygen atoms in total. The highest BCUT2D eigenvalue weighted by atomic mass is 35.5. The summed E-state index contributed by atoms with van der Waals surface area (Å²) < 4.78 is 0. The summed E-state index contributed by atoms with van der Waals surface area (Å²) in [5.74, 6) is -2.88. The highest BCUT2D eigenvalue weighted by Gasteiger charge is 2.64. The van der Waals surface area contributed by atoms with Crippen molar-refractivity contribution in [3.63, 3.8) is 0 Å². The lowest BCUT2D eigenvalue weighted by molar-refractivity contribution is -0.129. The van der Waals surface area contributed by atoms with Crippen LogP contribution in [-0.4, -0.2) is 28.7 Å². The van der Waals surface area contributed by atoms with E-state index in [1.165, 1.54) is 0 Å². The molecule has 0 aliphatic carbocycles. The summed E-state index contributed by atoms with van der Waals surface area (Å²) in [6.07, 6.45) is 3.65. The SMILES string of the molecule is NC(=O)[C@@H]1[C@@H]2C(=O)N(c3cccc(Cl)c3)C(=O)[C@@H]2[C@H]2c3ccccc3C=CN12. The fourth-order valence-corrected chi connectivity index (χ4v) is 4.94. The number of imide groups is 1. The average Bonchev–Trinajstić information content (AvgIpc) is 3.15. The molecule has 3 heterocycles. The van der Waals surface area contributed by atoms with E-state index in [-0.39, 0.29) is 5.91 Å². The number of benzene rings is 2. The average molecular weight is 394 g/mol. The normalized spacial score (nSPS) is 27.6. The molecular formula is C21H16ClN3O3. The van der Waals surface area contributed by atoms with Gasteiger partial charge in [0.15, 0.2) is 0 Å². The van der Waals surface area contributed by atoms with Gasteiger partial charge in [0.1, 0.15) is 6.04 Å². The maximum Gasteiger partial charge on any atom is 0.240 e. The summed E-state index contributed by atoms with van der Waals surface area (Å²) in [4.78, 5) is 41.9. The molecule has 3 aliphatic rings. The fourth-order valence-electron chi connectivity index (χ4n) is 4.75. The molecule has 5 rings (SSSR count). The van der Waals surface area contributed by atoms with Crippen molar-refractivity contribution in [2.24, 2.45) is 17.6 Å². The number of anilines is 1. The third-order valence-electron chi connectivity index (χ3n) is 5.82. The Balaban J connectivity index is 1.66. The van der Waals surface area contributed by atoms with Crippen molar-refractivity contribution in [3.05, 3.63) is 70.9 Å². The third-order valence-corrected chi connectivity index (χ3v) is 6.05. The van der Waals surface area contributed by atoms with Crippen LogP contribution in [0.1, 0.15) is 17.2 Å². The van der Waals surface area contributed by atoms with Crippen LogP contribution in [0.5, 0.6) is 0 Å². The number of carbonyl (C=O) groups excluding carboxylic acids is 3. The second kappa shape index (κ2) is 5.94. The van der Waals surface area contributed by atoms with E-state index in [0.29, 0.717) is 10.7 Å². The van der Waals surface area contributed by atoms with Gasteiger partial charge in [0.2, 0.25) is 17.7 Å². The first-order valence-electron chi connectivity index (χ1n) is 8.96. The molecule has 3 amide bonds. The Morgan fingerprint density at radius 1 is 1.00 bits per heavy atom. The summed E-state index contributed by atoms with van der Waals surface area (Å²) in [7, 11) is 0. The molecule has 2 aromatic carbocycles. The molecule has 0 unspecified atom stereocenters. The van der Waals surface area contributed by atoms with E-state index in [9.17, 15) is 14.4 Å². The molecule has 3 aliphatic heterocycles. The number of hydrogen-bond acceptors (Lipinski definition) is 4. The van der Waals surface area contributed by atoms with Gasteiger partial charge in [0, 0.05) is 11.2 Å². The Hall–Kier alpha value is -3.12. The lowest BCUT2D eigenvalue weighted by Crippen LogP contribution is -2.46. The van der Waals surface area contributed by atoms with Gasteiger partial charge in [0.25, 0.3) is 0 Å². The number of halogens is 1. The van der Waals surface area contributed by atoms with E-state index in [1.807, 2.05) is 30.3 Å². The Morgan fingerprint density at radius 2 is 1.75 bits per heavy atom. The number of carbonyl (C=O) groups is 3. The van der Waals surface area contributed by atoms with Crippen molar-refractivity contribution in [2.45, 2.75) is 12.1 Å². The minimum absolute atomic E-state index is 0.332. The number of nitrogens with two attached hydrogens (primary N) is 1. The van der Waals surface area contributed by atoms with Gasteiger partial charge in [0.05, 0.1) is 23.6 Å². The predicted octanol–water partition coefficient (Wildman–Crippen LogP) is 2.34. The molecule has 7 heteroatoms. The predicted molar refractivity (Wildman–Crippen MR) is 104 cm³/mol. The van der Waals surface area contributed by atoms with E-state index in [0.717, 1.165) is 16.0 Å². The second-order valence-corrected chi connectivity index (χ2v) is 7.66. The van der Waals surface area contributed by atoms with Gasteiger partial charge in [-0.15, -0.1) is 0 Å². The first-order chi connectivity index (χ1) is 13.5. The maximum atomic E-state index is 13.4. The van der Waals surface area contributed by atoms with Crippen molar-refractivity contribution in [2.75, 3.05) is 4.90 Å². The quantitative estimate of drug-likeness (QED) is 0.794. The van der Waals surface area contributed by atoms with Crippen LogP contribution in [0.4, 0.5) is 5.69 Å². The van der Waals surface area contributed by atoms with Gasteiger partial charge in [-0.1, -0.05) is 41.9 Å². The van der Waals surface area contributed by atoms with E-state index in [2.05, 4.69) is 0 Å². The molecule has 140 valence electrons. The first kappa shape index (κ1) is 17.0. The molecule has 0 radical (unpaired) electrons. The summed E-state index contributed by atoms with van der Waals surface area (Å²) in [6, 6.07) is 13.0. The fraction of sp³-hybridized carbons (Fsp3) is 0.190. The van der Waals surface area contributed by atoms with E-state index < -0.39 is 35.7 Å². The number of primary amides is 1. The van der Waals surface area contributed by atoms with Crippen molar-refractivity contribution in [1.29, 1.82) is 0 Å². The minimum Gasteiger partial charge on any atom is -0.368 e. The molecule has 2 fully saturated rings. The molecule has 0 saturated carbocycles. The monoisotopic (exact) mass is 393 g/mol. The highest BCUT2D eigenvalue weighted by molar-refractivity contribution is 6.31. The zero-order valence-corrected chi connectivity index (χ0v) is 15.4. The zero-order chi connectivity index (χ0) is 19.6. The van der Waals surface area contributed by atoms with Gasteiger partial charge < -0.3 is 10.6 Å². The largest absolute Gasteiger partial charge is 0.368 e. The number of hydrogen-bond donors (Lipinski definition) is 1. The van der Waals surface area contributed by atoms with Crippen LogP contribution in [0.2, 0.25) is 5.02 Å². The minimum atomic E-state index is -0.875. The Morgan fingerprint density at radius 3 is 2.50 bits per heavy atom. The van der Waals surface area contributed by atoms with Crippen molar-refractivity contribution in [3.8, 4) is 0 Å². The van der Waals surface area contributed by atoms with Gasteiger partial charge in [-0.25, -0.2) is 4.90 Å². The van der Waals surface area contributed by atoms with Crippen LogP contribution in [0.15, 0.2) is 54.7 Å². The van der Waals surface area contributed by atoms with Crippen LogP contribution in [-0.2, 0) is 14.4 Å². The Bertz CT molecular complexity index is 1070. The Labute approximate surface area is 166 Å². The molecule has 28 heavy (non-hydrogen) atoms. The summed E-state index contributed by atoms with van der Waals surface area (Å²) in [6.45, 7) is 0. The number of nitrogens with zero attached hydrogens (tertiary/aromatic N) is 2. The molecular weight excluding hydrogens is 378 g/mol. The van der Waals surface area contributed by atoms with Gasteiger partial charge in [-0.05, 0) is 35.4 Å². The summed E-state index contributed by atoms with van der Waals surface area (Å²) >= 11 is 6.06. The smallest absolute Gasteiger partial charge is 0.240 e. The van der Waals surface area contributed by atoms with Gasteiger partial charge in [-0.2, -0.15) is 0 Å². The summed E-state index contributed by atoms with van der Waals surface area (Å²) in [5.41, 5.74) is 7.97. The third kappa shape index (κ3) is 2.18. The lowest BCUT2D eigenvalue weighted by atomic mass is 9.84. The summed E-state index contributed by atoms with van der Waals surface area (Å²) in [5, 5.41) is 0.425.